The molecule has 0 saturated carbocycles. The molecule has 2 aromatic heterocycles. The molecule has 4 rings (SSSR count). The Morgan fingerprint density at radius 1 is 1.25 bits per heavy atom. The quantitative estimate of drug-likeness (QED) is 0.556. The van der Waals surface area contributed by atoms with E-state index in [0.717, 1.165) is 17.7 Å². The van der Waals surface area contributed by atoms with Gasteiger partial charge in [0.15, 0.2) is 15.5 Å². The number of alkyl halides is 3. The monoisotopic (exact) mass is 465 g/mol. The number of aromatic nitrogens is 3. The predicted molar refractivity (Wildman–Crippen MR) is 118 cm³/mol. The molecule has 0 aliphatic carbocycles. The van der Waals surface area contributed by atoms with Gasteiger partial charge in [-0.15, -0.1) is 0 Å². The first-order valence-corrected chi connectivity index (χ1v) is 10.7. The number of thiazole rings is 1. The lowest BCUT2D eigenvalue weighted by molar-refractivity contribution is -0.137. The van der Waals surface area contributed by atoms with Crippen LogP contribution in [-0.4, -0.2) is 46.1 Å². The normalized spacial score (nSPS) is 13.8. The van der Waals surface area contributed by atoms with E-state index in [0.29, 0.717) is 39.9 Å². The number of hydrogen-bond donors (Lipinski definition) is 1. The molecule has 0 atom stereocenters. The van der Waals surface area contributed by atoms with E-state index < -0.39 is 11.7 Å². The lowest BCUT2D eigenvalue weighted by Gasteiger charge is -2.26. The Morgan fingerprint density at radius 3 is 2.69 bits per heavy atom. The van der Waals surface area contributed by atoms with Gasteiger partial charge in [-0.3, -0.25) is 5.32 Å². The highest BCUT2D eigenvalue weighted by atomic mass is 32.1. The molecule has 0 saturated heterocycles. The number of anilines is 1. The Morgan fingerprint density at radius 2 is 2.03 bits per heavy atom. The molecule has 11 heteroatoms. The van der Waals surface area contributed by atoms with Crippen LogP contribution in [0.25, 0.3) is 15.9 Å². The summed E-state index contributed by atoms with van der Waals surface area (Å²) in [6.45, 7) is 4.66. The van der Waals surface area contributed by atoms with Gasteiger partial charge in [-0.05, 0) is 29.7 Å². The molecule has 0 fully saturated rings. The minimum Gasteiger partial charge on any atom is -0.479 e. The first kappa shape index (κ1) is 23.5. The Hall–Kier alpha value is -3.21. The molecule has 0 spiro atoms. The highest BCUT2D eigenvalue weighted by Gasteiger charge is 2.30. The second-order valence-corrected chi connectivity index (χ2v) is 7.47. The molecular formula is C21H22F3N5O2S. The summed E-state index contributed by atoms with van der Waals surface area (Å²) in [6, 6.07) is 4.87. The standard InChI is InChI=1S/C19H16F3N5O2S.C2H6/c1-29-15-14-16(24-10-23-15)30-17(25-14)26-18(28)27-7-5-11(6-8-27)12-3-2-4-13(9-12)19(20,21)22;1-2/h2-5,9-10H,6-8H2,1H3,(H,25,26,28);1-2H3. The lowest BCUT2D eigenvalue weighted by atomic mass is 9.98. The first-order valence-electron chi connectivity index (χ1n) is 9.93. The Bertz CT molecular complexity index is 1130. The van der Waals surface area contributed by atoms with Crippen LogP contribution in [0.1, 0.15) is 31.4 Å². The van der Waals surface area contributed by atoms with Gasteiger partial charge in [0.1, 0.15) is 6.33 Å². The maximum atomic E-state index is 12.9. The zero-order chi connectivity index (χ0) is 23.3. The van der Waals surface area contributed by atoms with Crippen LogP contribution < -0.4 is 10.1 Å². The van der Waals surface area contributed by atoms with Crippen LogP contribution in [0.3, 0.4) is 0 Å². The molecule has 0 unspecified atom stereocenters. The number of halogens is 3. The number of methoxy groups -OCH3 is 1. The zero-order valence-corrected chi connectivity index (χ0v) is 18.5. The van der Waals surface area contributed by atoms with Crippen LogP contribution in [0.4, 0.5) is 23.1 Å². The fraction of sp³-hybridized carbons (Fsp3) is 0.333. The number of benzene rings is 1. The van der Waals surface area contributed by atoms with Gasteiger partial charge in [0.2, 0.25) is 5.88 Å². The molecule has 170 valence electrons. The number of amides is 2. The summed E-state index contributed by atoms with van der Waals surface area (Å²) in [6.07, 6.45) is -0.809. The van der Waals surface area contributed by atoms with E-state index in [-0.39, 0.29) is 12.6 Å². The van der Waals surface area contributed by atoms with Crippen molar-refractivity contribution >= 4 is 38.4 Å². The Kier molecular flexibility index (Phi) is 7.29. The van der Waals surface area contributed by atoms with E-state index in [1.165, 1.54) is 30.8 Å². The molecule has 0 radical (unpaired) electrons. The minimum absolute atomic E-state index is 0.283. The van der Waals surface area contributed by atoms with E-state index in [1.807, 2.05) is 13.8 Å². The molecule has 3 aromatic rings. The van der Waals surface area contributed by atoms with Crippen LogP contribution in [0.2, 0.25) is 0 Å². The number of nitrogens with zero attached hydrogens (tertiary/aromatic N) is 4. The van der Waals surface area contributed by atoms with E-state index >= 15 is 0 Å². The van der Waals surface area contributed by atoms with Crippen molar-refractivity contribution in [3.63, 3.8) is 0 Å². The van der Waals surface area contributed by atoms with Crippen LogP contribution >= 0.6 is 11.3 Å². The van der Waals surface area contributed by atoms with Gasteiger partial charge in [-0.2, -0.15) is 18.2 Å². The van der Waals surface area contributed by atoms with E-state index in [2.05, 4.69) is 20.3 Å². The summed E-state index contributed by atoms with van der Waals surface area (Å²) >= 11 is 1.20. The number of urea groups is 1. The van der Waals surface area contributed by atoms with Gasteiger partial charge in [0.25, 0.3) is 0 Å². The van der Waals surface area contributed by atoms with Gasteiger partial charge in [-0.25, -0.2) is 14.8 Å². The molecule has 32 heavy (non-hydrogen) atoms. The summed E-state index contributed by atoms with van der Waals surface area (Å²) in [5.41, 5.74) is 1.08. The van der Waals surface area contributed by atoms with Crippen molar-refractivity contribution in [3.8, 4) is 5.88 Å². The Labute approximate surface area is 187 Å². The third-order valence-electron chi connectivity index (χ3n) is 4.63. The fourth-order valence-corrected chi connectivity index (χ4v) is 3.91. The van der Waals surface area contributed by atoms with E-state index in [1.54, 1.807) is 17.0 Å². The molecule has 1 N–H and O–H groups in total. The molecule has 1 aliphatic rings. The van der Waals surface area contributed by atoms with Gasteiger partial charge >= 0.3 is 12.2 Å². The van der Waals surface area contributed by atoms with Crippen molar-refractivity contribution < 1.29 is 22.7 Å². The van der Waals surface area contributed by atoms with E-state index in [4.69, 9.17) is 4.74 Å². The van der Waals surface area contributed by atoms with Crippen LogP contribution in [0, 0.1) is 0 Å². The predicted octanol–water partition coefficient (Wildman–Crippen LogP) is 5.46. The summed E-state index contributed by atoms with van der Waals surface area (Å²) in [5, 5.41) is 3.09. The van der Waals surface area contributed by atoms with Gasteiger partial charge < -0.3 is 9.64 Å². The molecule has 3 heterocycles. The lowest BCUT2D eigenvalue weighted by Crippen LogP contribution is -2.37. The summed E-state index contributed by atoms with van der Waals surface area (Å²) in [5.74, 6) is 0.323. The van der Waals surface area contributed by atoms with Crippen LogP contribution in [-0.2, 0) is 6.18 Å². The number of carbonyl (C=O) groups is 1. The van der Waals surface area contributed by atoms with Crippen molar-refractivity contribution in [2.24, 2.45) is 0 Å². The molecular weight excluding hydrogens is 443 g/mol. The maximum absolute atomic E-state index is 12.9. The van der Waals surface area contributed by atoms with Gasteiger partial charge in [0, 0.05) is 13.1 Å². The van der Waals surface area contributed by atoms with Crippen LogP contribution in [0.15, 0.2) is 36.7 Å². The Balaban J connectivity index is 0.00000141. The summed E-state index contributed by atoms with van der Waals surface area (Å²) < 4.78 is 43.9. The van der Waals surface area contributed by atoms with Crippen molar-refractivity contribution in [1.82, 2.24) is 19.9 Å². The van der Waals surface area contributed by atoms with Crippen LogP contribution in [0.5, 0.6) is 5.88 Å². The second-order valence-electron chi connectivity index (χ2n) is 6.49. The van der Waals surface area contributed by atoms with Gasteiger partial charge in [-0.1, -0.05) is 43.4 Å². The number of carbonyl (C=O) groups excluding carboxylic acids is 1. The smallest absolute Gasteiger partial charge is 0.416 e. The average Bonchev–Trinajstić information content (AvgIpc) is 3.22. The topological polar surface area (TPSA) is 80.2 Å². The summed E-state index contributed by atoms with van der Waals surface area (Å²) in [7, 11) is 1.47. The third kappa shape index (κ3) is 5.16. The maximum Gasteiger partial charge on any atom is 0.416 e. The average molecular weight is 466 g/mol. The first-order chi connectivity index (χ1) is 15.3. The highest BCUT2D eigenvalue weighted by Crippen LogP contribution is 2.33. The number of hydrogen-bond acceptors (Lipinski definition) is 6. The second kappa shape index (κ2) is 9.94. The SMILES string of the molecule is CC.COc1ncnc2sc(NC(=O)N3CC=C(c4cccc(C(F)(F)F)c4)CC3)nc12. The fourth-order valence-electron chi connectivity index (χ4n) is 3.12. The van der Waals surface area contributed by atoms with E-state index in [9.17, 15) is 18.0 Å². The number of ether oxygens (including phenoxy) is 1. The zero-order valence-electron chi connectivity index (χ0n) is 17.7. The minimum atomic E-state index is -4.39. The van der Waals surface area contributed by atoms with Crippen molar-refractivity contribution in [2.75, 3.05) is 25.5 Å². The molecule has 7 nitrogen and oxygen atoms in total. The van der Waals surface area contributed by atoms with Crippen molar-refractivity contribution in [1.29, 1.82) is 0 Å². The summed E-state index contributed by atoms with van der Waals surface area (Å²) in [4.78, 5) is 27.1. The molecule has 1 aliphatic heterocycles. The molecule has 0 bridgehead atoms. The van der Waals surface area contributed by atoms with Crippen molar-refractivity contribution in [2.45, 2.75) is 26.4 Å². The van der Waals surface area contributed by atoms with Gasteiger partial charge in [0.05, 0.1) is 12.7 Å². The largest absolute Gasteiger partial charge is 0.479 e. The third-order valence-corrected chi connectivity index (χ3v) is 5.50. The van der Waals surface area contributed by atoms with Crippen molar-refractivity contribution in [3.05, 3.63) is 47.8 Å². The highest BCUT2D eigenvalue weighted by molar-refractivity contribution is 7.22. The molecule has 1 aromatic carbocycles. The number of fused-ring (bicyclic) bond motifs is 1. The molecule has 2 amide bonds. The number of nitrogens with one attached hydrogen (secondary N) is 1. The number of rotatable bonds is 3.